The highest BCUT2D eigenvalue weighted by molar-refractivity contribution is 6.23. The molecule has 0 heterocycles. The highest BCUT2D eigenvalue weighted by atomic mass is 14.4. The maximum Gasteiger partial charge on any atom is 0.0991 e. The van der Waals surface area contributed by atoms with Crippen LogP contribution >= 0.6 is 0 Å². The Morgan fingerprint density at radius 2 is 0.750 bits per heavy atom. The molecule has 0 aromatic heterocycles. The Balaban J connectivity index is 1.51. The lowest BCUT2D eigenvalue weighted by Crippen LogP contribution is -2.15. The van der Waals surface area contributed by atoms with Crippen LogP contribution in [0, 0.1) is 22.7 Å². The molecule has 48 heavy (non-hydrogen) atoms. The van der Waals surface area contributed by atoms with Crippen molar-refractivity contribution >= 4 is 21.5 Å². The number of fused-ring (bicyclic) bond motifs is 8. The lowest BCUT2D eigenvalue weighted by atomic mass is 9.78. The van der Waals surface area contributed by atoms with Gasteiger partial charge in [0.05, 0.1) is 23.3 Å². The van der Waals surface area contributed by atoms with Crippen LogP contribution < -0.4 is 0 Å². The summed E-state index contributed by atoms with van der Waals surface area (Å²) in [6.07, 6.45) is 0. The van der Waals surface area contributed by atoms with Crippen molar-refractivity contribution in [1.82, 2.24) is 0 Å². The van der Waals surface area contributed by atoms with Crippen LogP contribution in [0.4, 0.5) is 0 Å². The van der Waals surface area contributed by atoms with Crippen LogP contribution in [0.5, 0.6) is 0 Å². The van der Waals surface area contributed by atoms with Crippen molar-refractivity contribution in [3.05, 3.63) is 155 Å². The predicted octanol–water partition coefficient (Wildman–Crippen LogP) is 11.7. The summed E-state index contributed by atoms with van der Waals surface area (Å²) in [5, 5.41) is 24.1. The van der Waals surface area contributed by atoms with Gasteiger partial charge in [-0.25, -0.2) is 0 Å². The normalized spacial score (nSPS) is 14.5. The van der Waals surface area contributed by atoms with Crippen molar-refractivity contribution in [3.8, 4) is 56.6 Å². The Morgan fingerprint density at radius 3 is 1.12 bits per heavy atom. The molecular formula is C46H32N2. The molecule has 0 saturated carbocycles. The van der Waals surface area contributed by atoms with Gasteiger partial charge in [0.15, 0.2) is 0 Å². The Morgan fingerprint density at radius 1 is 0.396 bits per heavy atom. The van der Waals surface area contributed by atoms with E-state index in [-0.39, 0.29) is 10.8 Å². The van der Waals surface area contributed by atoms with Gasteiger partial charge in [-0.1, -0.05) is 100 Å². The van der Waals surface area contributed by atoms with E-state index in [0.717, 1.165) is 11.1 Å². The van der Waals surface area contributed by atoms with Gasteiger partial charge in [0.2, 0.25) is 0 Å². The Bertz CT molecular complexity index is 2480. The molecular weight excluding hydrogens is 581 g/mol. The van der Waals surface area contributed by atoms with Crippen LogP contribution in [0.25, 0.3) is 66.1 Å². The minimum Gasteiger partial charge on any atom is -0.192 e. The summed E-state index contributed by atoms with van der Waals surface area (Å²) in [4.78, 5) is 0. The molecule has 0 bridgehead atoms. The van der Waals surface area contributed by atoms with E-state index in [2.05, 4.69) is 137 Å². The van der Waals surface area contributed by atoms with Crippen molar-refractivity contribution in [2.24, 2.45) is 0 Å². The second kappa shape index (κ2) is 9.78. The molecule has 2 aliphatic rings. The minimum atomic E-state index is -0.160. The highest BCUT2D eigenvalue weighted by Gasteiger charge is 2.38. The number of hydrogen-bond donors (Lipinski definition) is 0. The van der Waals surface area contributed by atoms with Gasteiger partial charge in [-0.2, -0.15) is 10.5 Å². The first-order valence-electron chi connectivity index (χ1n) is 16.6. The zero-order valence-electron chi connectivity index (χ0n) is 27.4. The van der Waals surface area contributed by atoms with Gasteiger partial charge >= 0.3 is 0 Å². The van der Waals surface area contributed by atoms with E-state index in [1.807, 2.05) is 24.3 Å². The lowest BCUT2D eigenvalue weighted by molar-refractivity contribution is 0.661. The predicted molar refractivity (Wildman–Crippen MR) is 197 cm³/mol. The van der Waals surface area contributed by atoms with Gasteiger partial charge in [0.25, 0.3) is 0 Å². The maximum absolute atomic E-state index is 9.67. The standard InChI is InChI=1S/C46H32N2/c1-45(2)39-11-7-5-9-31(39)33-21-35-37(23-41(33)45)44(30-19-15-28(26-48)16-20-30)38-24-42-34(32-10-6-8-12-40(32)46(42,3)4)22-36(38)43(35)29-17-13-27(25-47)14-18-29/h5-24H,1-4H3. The van der Waals surface area contributed by atoms with E-state index in [9.17, 15) is 10.5 Å². The summed E-state index contributed by atoms with van der Waals surface area (Å²) >= 11 is 0. The second-order valence-corrected chi connectivity index (χ2v) is 14.4. The van der Waals surface area contributed by atoms with Gasteiger partial charge in [-0.15, -0.1) is 0 Å². The van der Waals surface area contributed by atoms with E-state index in [1.165, 1.54) is 77.2 Å². The van der Waals surface area contributed by atoms with Gasteiger partial charge in [-0.05, 0) is 137 Å². The monoisotopic (exact) mass is 612 g/mol. The molecule has 0 spiro atoms. The molecule has 7 aromatic rings. The Kier molecular flexibility index (Phi) is 5.76. The van der Waals surface area contributed by atoms with E-state index in [1.54, 1.807) is 0 Å². The van der Waals surface area contributed by atoms with Crippen molar-refractivity contribution in [1.29, 1.82) is 10.5 Å². The minimum absolute atomic E-state index is 0.160. The molecule has 226 valence electrons. The molecule has 9 rings (SSSR count). The highest BCUT2D eigenvalue weighted by Crippen LogP contribution is 2.56. The molecule has 0 amide bonds. The van der Waals surface area contributed by atoms with Crippen LogP contribution in [-0.4, -0.2) is 0 Å². The van der Waals surface area contributed by atoms with Crippen LogP contribution in [0.2, 0.25) is 0 Å². The average Bonchev–Trinajstić information content (AvgIpc) is 3.48. The summed E-state index contributed by atoms with van der Waals surface area (Å²) < 4.78 is 0. The Labute approximate surface area is 281 Å². The van der Waals surface area contributed by atoms with Crippen molar-refractivity contribution < 1.29 is 0 Å². The summed E-state index contributed by atoms with van der Waals surface area (Å²) in [6.45, 7) is 9.33. The van der Waals surface area contributed by atoms with E-state index >= 15 is 0 Å². The van der Waals surface area contributed by atoms with Gasteiger partial charge in [0.1, 0.15) is 0 Å². The summed E-state index contributed by atoms with van der Waals surface area (Å²) in [6, 6.07) is 48.1. The fraction of sp³-hybridized carbons (Fsp3) is 0.130. The smallest absolute Gasteiger partial charge is 0.0991 e. The third-order valence-electron chi connectivity index (χ3n) is 11.1. The number of rotatable bonds is 2. The topological polar surface area (TPSA) is 47.6 Å². The van der Waals surface area contributed by atoms with Gasteiger partial charge in [-0.3, -0.25) is 0 Å². The van der Waals surface area contributed by atoms with Gasteiger partial charge in [0, 0.05) is 10.8 Å². The molecule has 0 saturated heterocycles. The van der Waals surface area contributed by atoms with Crippen LogP contribution in [-0.2, 0) is 10.8 Å². The first kappa shape index (κ1) is 28.3. The van der Waals surface area contributed by atoms with Crippen LogP contribution in [0.3, 0.4) is 0 Å². The van der Waals surface area contributed by atoms with Crippen LogP contribution in [0.1, 0.15) is 61.1 Å². The Hall–Kier alpha value is -5.96. The first-order valence-corrected chi connectivity index (χ1v) is 16.6. The average molecular weight is 613 g/mol. The molecule has 0 fully saturated rings. The van der Waals surface area contributed by atoms with E-state index in [4.69, 9.17) is 0 Å². The van der Waals surface area contributed by atoms with Crippen molar-refractivity contribution in [3.63, 3.8) is 0 Å². The zero-order chi connectivity index (χ0) is 32.9. The van der Waals surface area contributed by atoms with Crippen molar-refractivity contribution in [2.45, 2.75) is 38.5 Å². The fourth-order valence-corrected chi connectivity index (χ4v) is 8.66. The molecule has 2 aliphatic carbocycles. The molecule has 7 aromatic carbocycles. The largest absolute Gasteiger partial charge is 0.192 e. The zero-order valence-corrected chi connectivity index (χ0v) is 27.4. The summed E-state index contributed by atoms with van der Waals surface area (Å²) in [5.74, 6) is 0. The summed E-state index contributed by atoms with van der Waals surface area (Å²) in [5.41, 5.74) is 16.0. The molecule has 0 aliphatic heterocycles. The fourth-order valence-electron chi connectivity index (χ4n) is 8.66. The second-order valence-electron chi connectivity index (χ2n) is 14.4. The first-order chi connectivity index (χ1) is 23.2. The van der Waals surface area contributed by atoms with Crippen LogP contribution in [0.15, 0.2) is 121 Å². The van der Waals surface area contributed by atoms with E-state index in [0.29, 0.717) is 11.1 Å². The number of benzene rings is 7. The number of nitriles is 2. The SMILES string of the molecule is CC1(C)c2ccccc2-c2cc3c(-c4ccc(C#N)cc4)c4cc5c(cc4c(-c4ccc(C#N)cc4)c3cc21)C(C)(C)c1ccccc1-5. The third kappa shape index (κ3) is 3.72. The van der Waals surface area contributed by atoms with E-state index < -0.39 is 0 Å². The molecule has 0 radical (unpaired) electrons. The molecule has 2 nitrogen and oxygen atoms in total. The summed E-state index contributed by atoms with van der Waals surface area (Å²) in [7, 11) is 0. The lowest BCUT2D eigenvalue weighted by Gasteiger charge is -2.25. The molecule has 0 N–H and O–H groups in total. The van der Waals surface area contributed by atoms with Crippen molar-refractivity contribution in [2.75, 3.05) is 0 Å². The maximum atomic E-state index is 9.67. The molecule has 0 unspecified atom stereocenters. The number of hydrogen-bond acceptors (Lipinski definition) is 2. The number of nitrogens with zero attached hydrogens (tertiary/aromatic N) is 2. The molecule has 2 heteroatoms. The quantitative estimate of drug-likeness (QED) is 0.182. The molecule has 0 atom stereocenters. The third-order valence-corrected chi connectivity index (χ3v) is 11.1. The van der Waals surface area contributed by atoms with Gasteiger partial charge < -0.3 is 0 Å².